The lowest BCUT2D eigenvalue weighted by Gasteiger charge is -2.10. The standard InChI is InChI=1S/C38H24N4S/c1-4-12-25(13-5-1)31-24-32(26-14-6-2-7-15-26)40-36(39-31)28-20-22-29(23-21-28)37-41-35(27-16-8-3-9-17-27)34-30-18-10-11-19-33(30)43-38(34)42-37/h1-24H. The fourth-order valence-corrected chi connectivity index (χ4v) is 6.49. The van der Waals surface area contributed by atoms with Crippen molar-refractivity contribution >= 4 is 31.6 Å². The van der Waals surface area contributed by atoms with Crippen molar-refractivity contribution in [2.24, 2.45) is 0 Å². The van der Waals surface area contributed by atoms with Gasteiger partial charge < -0.3 is 0 Å². The fourth-order valence-electron chi connectivity index (χ4n) is 5.42. The molecule has 0 atom stereocenters. The minimum Gasteiger partial charge on any atom is -0.228 e. The first-order valence-electron chi connectivity index (χ1n) is 14.2. The number of hydrogen-bond acceptors (Lipinski definition) is 5. The van der Waals surface area contributed by atoms with E-state index < -0.39 is 0 Å². The lowest BCUT2D eigenvalue weighted by Crippen LogP contribution is -1.96. The molecule has 0 aliphatic carbocycles. The molecule has 0 radical (unpaired) electrons. The Morgan fingerprint density at radius 2 is 0.884 bits per heavy atom. The topological polar surface area (TPSA) is 51.6 Å². The summed E-state index contributed by atoms with van der Waals surface area (Å²) in [5.74, 6) is 1.38. The Balaban J connectivity index is 1.24. The van der Waals surface area contributed by atoms with Gasteiger partial charge >= 0.3 is 0 Å². The molecule has 8 rings (SSSR count). The number of thiophene rings is 1. The minimum atomic E-state index is 0.678. The van der Waals surface area contributed by atoms with E-state index in [0.717, 1.165) is 55.1 Å². The number of aromatic nitrogens is 4. The van der Waals surface area contributed by atoms with Gasteiger partial charge in [0.15, 0.2) is 11.6 Å². The fraction of sp³-hybridized carbons (Fsp3) is 0. The monoisotopic (exact) mass is 568 g/mol. The molecule has 0 aliphatic heterocycles. The van der Waals surface area contributed by atoms with Crippen LogP contribution in [0, 0.1) is 0 Å². The van der Waals surface area contributed by atoms with E-state index in [1.165, 1.54) is 10.1 Å². The number of fused-ring (bicyclic) bond motifs is 3. The summed E-state index contributed by atoms with van der Waals surface area (Å²) in [5.41, 5.74) is 7.80. The van der Waals surface area contributed by atoms with E-state index in [0.29, 0.717) is 11.6 Å². The Labute approximate surface area is 253 Å². The first-order chi connectivity index (χ1) is 21.3. The van der Waals surface area contributed by atoms with Gasteiger partial charge in [-0.2, -0.15) is 0 Å². The highest BCUT2D eigenvalue weighted by atomic mass is 32.1. The summed E-state index contributed by atoms with van der Waals surface area (Å²) >= 11 is 1.71. The molecule has 4 nitrogen and oxygen atoms in total. The number of hydrogen-bond donors (Lipinski definition) is 0. The second-order valence-corrected chi connectivity index (χ2v) is 11.3. The van der Waals surface area contributed by atoms with Crippen LogP contribution in [0.4, 0.5) is 0 Å². The molecule has 3 aromatic heterocycles. The highest BCUT2D eigenvalue weighted by Crippen LogP contribution is 2.39. The van der Waals surface area contributed by atoms with E-state index in [-0.39, 0.29) is 0 Å². The van der Waals surface area contributed by atoms with Crippen molar-refractivity contribution in [1.29, 1.82) is 0 Å². The van der Waals surface area contributed by atoms with Gasteiger partial charge in [0.2, 0.25) is 0 Å². The van der Waals surface area contributed by atoms with Crippen LogP contribution in [0.1, 0.15) is 0 Å². The SMILES string of the molecule is c1ccc(-c2cc(-c3ccccc3)nc(-c3ccc(-c4nc(-c5ccccc5)c5c(n4)sc4ccccc45)cc3)n2)cc1. The van der Waals surface area contributed by atoms with Gasteiger partial charge in [-0.15, -0.1) is 11.3 Å². The van der Waals surface area contributed by atoms with Crippen molar-refractivity contribution in [3.8, 4) is 56.5 Å². The Bertz CT molecular complexity index is 2150. The summed E-state index contributed by atoms with van der Waals surface area (Å²) in [5, 5.41) is 2.29. The van der Waals surface area contributed by atoms with E-state index >= 15 is 0 Å². The second kappa shape index (κ2) is 10.7. The highest BCUT2D eigenvalue weighted by Gasteiger charge is 2.17. The van der Waals surface area contributed by atoms with Crippen molar-refractivity contribution in [3.05, 3.63) is 146 Å². The zero-order valence-corrected chi connectivity index (χ0v) is 23.9. The summed E-state index contributed by atoms with van der Waals surface area (Å²) < 4.78 is 1.21. The van der Waals surface area contributed by atoms with Gasteiger partial charge in [0.25, 0.3) is 0 Å². The lowest BCUT2D eigenvalue weighted by molar-refractivity contribution is 1.18. The molecule has 0 amide bonds. The van der Waals surface area contributed by atoms with Gasteiger partial charge in [-0.1, -0.05) is 133 Å². The molecule has 43 heavy (non-hydrogen) atoms. The van der Waals surface area contributed by atoms with Crippen LogP contribution in [-0.4, -0.2) is 19.9 Å². The Morgan fingerprint density at radius 1 is 0.395 bits per heavy atom. The van der Waals surface area contributed by atoms with Gasteiger partial charge in [-0.05, 0) is 12.1 Å². The summed E-state index contributed by atoms with van der Waals surface area (Å²) in [6, 6.07) is 49.6. The average molecular weight is 569 g/mol. The summed E-state index contributed by atoms with van der Waals surface area (Å²) in [4.78, 5) is 21.1. The van der Waals surface area contributed by atoms with E-state index in [1.54, 1.807) is 11.3 Å². The Morgan fingerprint density at radius 3 is 1.47 bits per heavy atom. The van der Waals surface area contributed by atoms with E-state index in [2.05, 4.69) is 103 Å². The normalized spacial score (nSPS) is 11.3. The molecule has 0 N–H and O–H groups in total. The number of rotatable bonds is 5. The maximum absolute atomic E-state index is 5.14. The van der Waals surface area contributed by atoms with E-state index in [4.69, 9.17) is 19.9 Å². The lowest BCUT2D eigenvalue weighted by atomic mass is 10.0. The molecule has 0 unspecified atom stereocenters. The van der Waals surface area contributed by atoms with E-state index in [9.17, 15) is 0 Å². The molecule has 0 fully saturated rings. The van der Waals surface area contributed by atoms with Crippen LogP contribution in [0.2, 0.25) is 0 Å². The van der Waals surface area contributed by atoms with Crippen LogP contribution in [0.5, 0.6) is 0 Å². The van der Waals surface area contributed by atoms with Crippen molar-refractivity contribution < 1.29 is 0 Å². The third-order valence-corrected chi connectivity index (χ3v) is 8.62. The van der Waals surface area contributed by atoms with Crippen molar-refractivity contribution in [2.45, 2.75) is 0 Å². The molecule has 0 saturated heterocycles. The summed E-state index contributed by atoms with van der Waals surface area (Å²) in [7, 11) is 0. The van der Waals surface area contributed by atoms with Crippen molar-refractivity contribution in [2.75, 3.05) is 0 Å². The van der Waals surface area contributed by atoms with Gasteiger partial charge in [0.05, 0.1) is 17.1 Å². The number of nitrogens with zero attached hydrogens (tertiary/aromatic N) is 4. The van der Waals surface area contributed by atoms with Crippen molar-refractivity contribution in [3.63, 3.8) is 0 Å². The second-order valence-electron chi connectivity index (χ2n) is 10.3. The molecule has 0 bridgehead atoms. The minimum absolute atomic E-state index is 0.678. The maximum Gasteiger partial charge on any atom is 0.161 e. The van der Waals surface area contributed by atoms with Gasteiger partial charge in [0, 0.05) is 43.3 Å². The molecule has 0 saturated carbocycles. The largest absolute Gasteiger partial charge is 0.228 e. The molecular weight excluding hydrogens is 545 g/mol. The van der Waals surface area contributed by atoms with Gasteiger partial charge in [-0.3, -0.25) is 0 Å². The van der Waals surface area contributed by atoms with Gasteiger partial charge in [-0.25, -0.2) is 19.9 Å². The molecule has 0 spiro atoms. The van der Waals surface area contributed by atoms with E-state index in [1.807, 2.05) is 42.5 Å². The first kappa shape index (κ1) is 25.2. The van der Waals surface area contributed by atoms with Crippen LogP contribution in [-0.2, 0) is 0 Å². The molecule has 3 heterocycles. The van der Waals surface area contributed by atoms with Crippen LogP contribution < -0.4 is 0 Å². The quantitative estimate of drug-likeness (QED) is 0.207. The zero-order chi connectivity index (χ0) is 28.6. The highest BCUT2D eigenvalue weighted by molar-refractivity contribution is 7.25. The smallest absolute Gasteiger partial charge is 0.161 e. The molecule has 5 aromatic carbocycles. The van der Waals surface area contributed by atoms with Gasteiger partial charge in [0.1, 0.15) is 4.83 Å². The van der Waals surface area contributed by atoms with Crippen LogP contribution in [0.25, 0.3) is 76.9 Å². The van der Waals surface area contributed by atoms with Crippen LogP contribution >= 0.6 is 11.3 Å². The molecular formula is C38H24N4S. The van der Waals surface area contributed by atoms with Crippen LogP contribution in [0.3, 0.4) is 0 Å². The summed E-state index contributed by atoms with van der Waals surface area (Å²) in [6.45, 7) is 0. The zero-order valence-electron chi connectivity index (χ0n) is 23.1. The molecule has 8 aromatic rings. The predicted molar refractivity (Wildman–Crippen MR) is 178 cm³/mol. The average Bonchev–Trinajstić information content (AvgIpc) is 3.47. The Kier molecular flexibility index (Phi) is 6.28. The van der Waals surface area contributed by atoms with Crippen LogP contribution in [0.15, 0.2) is 146 Å². The Hall–Kier alpha value is -5.52. The molecule has 202 valence electrons. The summed E-state index contributed by atoms with van der Waals surface area (Å²) in [6.07, 6.45) is 0. The molecule has 0 aliphatic rings. The predicted octanol–water partition coefficient (Wildman–Crippen LogP) is 9.97. The number of benzene rings is 5. The first-order valence-corrected chi connectivity index (χ1v) is 15.0. The third-order valence-electron chi connectivity index (χ3n) is 7.55. The molecule has 5 heteroatoms. The maximum atomic E-state index is 5.14. The third kappa shape index (κ3) is 4.76. The van der Waals surface area contributed by atoms with Crippen molar-refractivity contribution in [1.82, 2.24) is 19.9 Å².